The van der Waals surface area contributed by atoms with Gasteiger partial charge in [-0.2, -0.15) is 5.26 Å². The Morgan fingerprint density at radius 2 is 1.86 bits per heavy atom. The molecule has 1 amide bonds. The van der Waals surface area contributed by atoms with Crippen molar-refractivity contribution in [3.63, 3.8) is 0 Å². The molecular formula is C16H19ClN2O3. The molecule has 118 valence electrons. The summed E-state index contributed by atoms with van der Waals surface area (Å²) in [4.78, 5) is 24.2. The first-order valence-corrected chi connectivity index (χ1v) is 7.37. The van der Waals surface area contributed by atoms with Gasteiger partial charge in [0.1, 0.15) is 12.1 Å². The highest BCUT2D eigenvalue weighted by atomic mass is 35.5. The molecule has 0 unspecified atom stereocenters. The van der Waals surface area contributed by atoms with Gasteiger partial charge < -0.3 is 10.1 Å². The predicted octanol–water partition coefficient (Wildman–Crippen LogP) is 2.94. The van der Waals surface area contributed by atoms with Crippen molar-refractivity contribution in [2.45, 2.75) is 39.3 Å². The molecule has 0 bridgehead atoms. The van der Waals surface area contributed by atoms with E-state index in [0.29, 0.717) is 17.0 Å². The third-order valence-corrected chi connectivity index (χ3v) is 3.13. The molecule has 1 N–H and O–H groups in total. The van der Waals surface area contributed by atoms with Crippen molar-refractivity contribution in [1.82, 2.24) is 5.32 Å². The molecule has 0 heterocycles. The van der Waals surface area contributed by atoms with Crippen LogP contribution in [0, 0.1) is 17.2 Å². The van der Waals surface area contributed by atoms with Crippen molar-refractivity contribution in [3.8, 4) is 6.07 Å². The van der Waals surface area contributed by atoms with Gasteiger partial charge in [0.2, 0.25) is 0 Å². The van der Waals surface area contributed by atoms with Crippen LogP contribution in [0.2, 0.25) is 5.02 Å². The van der Waals surface area contributed by atoms with Crippen LogP contribution in [-0.2, 0) is 9.53 Å². The summed E-state index contributed by atoms with van der Waals surface area (Å²) in [6.45, 7) is 5.34. The average Bonchev–Trinajstić information content (AvgIpc) is 2.46. The number of esters is 1. The van der Waals surface area contributed by atoms with E-state index in [9.17, 15) is 9.59 Å². The van der Waals surface area contributed by atoms with Gasteiger partial charge in [0.25, 0.3) is 5.91 Å². The zero-order chi connectivity index (χ0) is 16.7. The maximum Gasteiger partial charge on any atom is 0.329 e. The maximum absolute atomic E-state index is 12.2. The quantitative estimate of drug-likeness (QED) is 0.817. The molecule has 2 atom stereocenters. The Balaban J connectivity index is 2.80. The number of nitriles is 1. The molecule has 0 saturated heterocycles. The first-order valence-electron chi connectivity index (χ1n) is 7.00. The summed E-state index contributed by atoms with van der Waals surface area (Å²) in [5.41, 5.74) is 0.402. The number of benzene rings is 1. The van der Waals surface area contributed by atoms with Crippen LogP contribution in [0.1, 0.15) is 37.6 Å². The number of ether oxygens (including phenoxy) is 1. The van der Waals surface area contributed by atoms with Crippen LogP contribution in [0.5, 0.6) is 0 Å². The van der Waals surface area contributed by atoms with Gasteiger partial charge in [-0.25, -0.2) is 4.79 Å². The molecule has 1 aromatic rings. The molecule has 1 aromatic carbocycles. The molecule has 0 spiro atoms. The van der Waals surface area contributed by atoms with E-state index in [1.54, 1.807) is 24.3 Å². The van der Waals surface area contributed by atoms with Crippen molar-refractivity contribution >= 4 is 23.5 Å². The maximum atomic E-state index is 12.2. The summed E-state index contributed by atoms with van der Waals surface area (Å²) in [5.74, 6) is -0.811. The Morgan fingerprint density at radius 1 is 1.27 bits per heavy atom. The van der Waals surface area contributed by atoms with Gasteiger partial charge in [0.15, 0.2) is 6.10 Å². The Bertz CT molecular complexity index is 564. The highest BCUT2D eigenvalue weighted by molar-refractivity contribution is 6.30. The Hall–Kier alpha value is -2.06. The van der Waals surface area contributed by atoms with Crippen LogP contribution < -0.4 is 5.32 Å². The fraction of sp³-hybridized carbons (Fsp3) is 0.438. The van der Waals surface area contributed by atoms with Crippen molar-refractivity contribution in [2.75, 3.05) is 0 Å². The van der Waals surface area contributed by atoms with Gasteiger partial charge in [-0.3, -0.25) is 4.79 Å². The summed E-state index contributed by atoms with van der Waals surface area (Å²) in [6, 6.07) is 7.39. The Kier molecular flexibility index (Phi) is 6.87. The summed E-state index contributed by atoms with van der Waals surface area (Å²) in [5, 5.41) is 11.9. The standard InChI is InChI=1S/C16H19ClN2O3/c1-10(2)8-14(16(21)22-11(3)9-18)19-15(20)12-4-6-13(17)7-5-12/h4-7,10-11,14H,8H2,1-3H3,(H,19,20)/t11-,14+/m0/s1. The van der Waals surface area contributed by atoms with Gasteiger partial charge >= 0.3 is 5.97 Å². The minimum atomic E-state index is -0.852. The number of amides is 1. The van der Waals surface area contributed by atoms with E-state index in [1.165, 1.54) is 6.92 Å². The van der Waals surface area contributed by atoms with Gasteiger partial charge in [-0.1, -0.05) is 25.4 Å². The molecule has 0 aliphatic rings. The van der Waals surface area contributed by atoms with Crippen LogP contribution in [0.3, 0.4) is 0 Å². The van der Waals surface area contributed by atoms with Crippen molar-refractivity contribution in [1.29, 1.82) is 5.26 Å². The third-order valence-electron chi connectivity index (χ3n) is 2.88. The lowest BCUT2D eigenvalue weighted by molar-refractivity contribution is -0.148. The minimum Gasteiger partial charge on any atom is -0.446 e. The number of carbonyl (C=O) groups is 2. The van der Waals surface area contributed by atoms with E-state index < -0.39 is 18.1 Å². The Labute approximate surface area is 135 Å². The molecule has 0 aliphatic heterocycles. The summed E-state index contributed by atoms with van der Waals surface area (Å²) >= 11 is 5.78. The molecule has 0 aromatic heterocycles. The van der Waals surface area contributed by atoms with E-state index in [-0.39, 0.29) is 11.8 Å². The average molecular weight is 323 g/mol. The normalized spacial score (nSPS) is 13.1. The Morgan fingerprint density at radius 3 is 2.36 bits per heavy atom. The number of halogens is 1. The zero-order valence-corrected chi connectivity index (χ0v) is 13.6. The lowest BCUT2D eigenvalue weighted by Crippen LogP contribution is -2.43. The summed E-state index contributed by atoms with van der Waals surface area (Å²) in [6.07, 6.45) is -0.425. The zero-order valence-electron chi connectivity index (χ0n) is 12.8. The second-order valence-electron chi connectivity index (χ2n) is 5.37. The van der Waals surface area contributed by atoms with E-state index in [0.717, 1.165) is 0 Å². The number of nitrogens with one attached hydrogen (secondary N) is 1. The first-order chi connectivity index (χ1) is 10.3. The number of nitrogens with zero attached hydrogens (tertiary/aromatic N) is 1. The van der Waals surface area contributed by atoms with Gasteiger partial charge in [-0.15, -0.1) is 0 Å². The SMILES string of the molecule is CC(C)C[C@@H](NC(=O)c1ccc(Cl)cc1)C(=O)O[C@@H](C)C#N. The molecule has 6 heteroatoms. The second kappa shape index (κ2) is 8.40. The molecular weight excluding hydrogens is 304 g/mol. The highest BCUT2D eigenvalue weighted by Crippen LogP contribution is 2.12. The van der Waals surface area contributed by atoms with Crippen molar-refractivity contribution in [2.24, 2.45) is 5.92 Å². The van der Waals surface area contributed by atoms with E-state index in [1.807, 2.05) is 19.9 Å². The minimum absolute atomic E-state index is 0.181. The summed E-state index contributed by atoms with van der Waals surface area (Å²) in [7, 11) is 0. The van der Waals surface area contributed by atoms with Gasteiger partial charge in [0.05, 0.1) is 0 Å². The van der Waals surface area contributed by atoms with E-state index in [2.05, 4.69) is 5.32 Å². The van der Waals surface area contributed by atoms with Crippen LogP contribution in [-0.4, -0.2) is 24.0 Å². The number of hydrogen-bond donors (Lipinski definition) is 1. The first kappa shape index (κ1) is 18.0. The van der Waals surface area contributed by atoms with Crippen molar-refractivity contribution < 1.29 is 14.3 Å². The molecule has 22 heavy (non-hydrogen) atoms. The third kappa shape index (κ3) is 5.74. The monoisotopic (exact) mass is 322 g/mol. The topological polar surface area (TPSA) is 79.2 Å². The fourth-order valence-electron chi connectivity index (χ4n) is 1.81. The molecule has 0 aliphatic carbocycles. The largest absolute Gasteiger partial charge is 0.446 e. The second-order valence-corrected chi connectivity index (χ2v) is 5.81. The number of rotatable bonds is 6. The lowest BCUT2D eigenvalue weighted by atomic mass is 10.0. The van der Waals surface area contributed by atoms with Gasteiger partial charge in [-0.05, 0) is 43.5 Å². The van der Waals surface area contributed by atoms with Crippen LogP contribution in [0.15, 0.2) is 24.3 Å². The van der Waals surface area contributed by atoms with Crippen LogP contribution in [0.25, 0.3) is 0 Å². The molecule has 1 rings (SSSR count). The van der Waals surface area contributed by atoms with E-state index in [4.69, 9.17) is 21.6 Å². The number of carbonyl (C=O) groups excluding carboxylic acids is 2. The molecule has 5 nitrogen and oxygen atoms in total. The fourth-order valence-corrected chi connectivity index (χ4v) is 1.94. The molecule has 0 saturated carbocycles. The predicted molar refractivity (Wildman–Crippen MR) is 83.3 cm³/mol. The van der Waals surface area contributed by atoms with Crippen LogP contribution >= 0.6 is 11.6 Å². The molecule has 0 radical (unpaired) electrons. The van der Waals surface area contributed by atoms with E-state index >= 15 is 0 Å². The molecule has 0 fully saturated rings. The number of hydrogen-bond acceptors (Lipinski definition) is 4. The van der Waals surface area contributed by atoms with Crippen LogP contribution in [0.4, 0.5) is 0 Å². The highest BCUT2D eigenvalue weighted by Gasteiger charge is 2.25. The van der Waals surface area contributed by atoms with Crippen molar-refractivity contribution in [3.05, 3.63) is 34.9 Å². The summed E-state index contributed by atoms with van der Waals surface area (Å²) < 4.78 is 4.98. The smallest absolute Gasteiger partial charge is 0.329 e. The lowest BCUT2D eigenvalue weighted by Gasteiger charge is -2.20. The van der Waals surface area contributed by atoms with Gasteiger partial charge in [0, 0.05) is 10.6 Å².